The zero-order valence-electron chi connectivity index (χ0n) is 12.1. The minimum absolute atomic E-state index is 0.240. The minimum atomic E-state index is -0.509. The molecule has 1 amide bonds. The lowest BCUT2D eigenvalue weighted by molar-refractivity contribution is -0.125. The Balaban J connectivity index is 2.00. The van der Waals surface area contributed by atoms with Gasteiger partial charge in [0.05, 0.1) is 5.41 Å². The van der Waals surface area contributed by atoms with Crippen LogP contribution < -0.4 is 11.1 Å². The molecule has 0 aliphatic heterocycles. The van der Waals surface area contributed by atoms with Gasteiger partial charge in [-0.1, -0.05) is 18.2 Å². The van der Waals surface area contributed by atoms with E-state index in [9.17, 15) is 4.79 Å². The Morgan fingerprint density at radius 2 is 2.05 bits per heavy atom. The number of nitrogens with two attached hydrogens (primary N) is 1. The van der Waals surface area contributed by atoms with Crippen LogP contribution in [0.5, 0.6) is 0 Å². The standard InChI is InChI=1S/C16H24N2O/c1-11(18-10-16(2,3)15(17)19)13-8-7-12-5-4-6-14(12)9-13/h7-9,11,18H,4-6,10H2,1-3H3,(H2,17,19). The summed E-state index contributed by atoms with van der Waals surface area (Å²) in [4.78, 5) is 11.3. The van der Waals surface area contributed by atoms with E-state index in [0.717, 1.165) is 0 Å². The third-order valence-electron chi connectivity index (χ3n) is 4.14. The zero-order valence-corrected chi connectivity index (χ0v) is 12.1. The van der Waals surface area contributed by atoms with Crippen molar-refractivity contribution in [3.63, 3.8) is 0 Å². The Hall–Kier alpha value is -1.35. The zero-order chi connectivity index (χ0) is 14.0. The number of fused-ring (bicyclic) bond motifs is 1. The molecule has 0 saturated heterocycles. The van der Waals surface area contributed by atoms with Gasteiger partial charge in [-0.05, 0) is 56.7 Å². The average Bonchev–Trinajstić information content (AvgIpc) is 2.82. The number of carbonyl (C=O) groups excluding carboxylic acids is 1. The number of hydrogen-bond acceptors (Lipinski definition) is 2. The third-order valence-corrected chi connectivity index (χ3v) is 4.14. The summed E-state index contributed by atoms with van der Waals surface area (Å²) in [5.74, 6) is -0.263. The molecule has 0 spiro atoms. The van der Waals surface area contributed by atoms with E-state index >= 15 is 0 Å². The van der Waals surface area contributed by atoms with E-state index in [1.807, 2.05) is 13.8 Å². The molecule has 19 heavy (non-hydrogen) atoms. The summed E-state index contributed by atoms with van der Waals surface area (Å²) in [7, 11) is 0. The molecule has 1 atom stereocenters. The molecule has 0 bridgehead atoms. The molecule has 0 heterocycles. The van der Waals surface area contributed by atoms with Gasteiger partial charge in [0.1, 0.15) is 0 Å². The van der Waals surface area contributed by atoms with Crippen LogP contribution in [0.4, 0.5) is 0 Å². The Morgan fingerprint density at radius 3 is 2.74 bits per heavy atom. The second-order valence-electron chi connectivity index (χ2n) is 6.23. The van der Waals surface area contributed by atoms with Gasteiger partial charge in [0.15, 0.2) is 0 Å². The summed E-state index contributed by atoms with van der Waals surface area (Å²) in [6.45, 7) is 6.48. The molecule has 0 aromatic heterocycles. The molecule has 0 saturated carbocycles. The first-order valence-electron chi connectivity index (χ1n) is 7.05. The van der Waals surface area contributed by atoms with E-state index in [2.05, 4.69) is 30.4 Å². The Kier molecular flexibility index (Phi) is 3.95. The first-order valence-corrected chi connectivity index (χ1v) is 7.05. The van der Waals surface area contributed by atoms with Crippen LogP contribution in [0.2, 0.25) is 0 Å². The van der Waals surface area contributed by atoms with Crippen LogP contribution in [0.25, 0.3) is 0 Å². The maximum atomic E-state index is 11.3. The van der Waals surface area contributed by atoms with Gasteiger partial charge in [-0.15, -0.1) is 0 Å². The Labute approximate surface area is 115 Å². The van der Waals surface area contributed by atoms with E-state index in [-0.39, 0.29) is 11.9 Å². The molecule has 2 rings (SSSR count). The van der Waals surface area contributed by atoms with Crippen molar-refractivity contribution < 1.29 is 4.79 Å². The van der Waals surface area contributed by atoms with Crippen molar-refractivity contribution in [2.24, 2.45) is 11.1 Å². The van der Waals surface area contributed by atoms with Gasteiger partial charge in [-0.2, -0.15) is 0 Å². The summed E-state index contributed by atoms with van der Waals surface area (Å²) in [5.41, 5.74) is 9.15. The van der Waals surface area contributed by atoms with E-state index in [4.69, 9.17) is 5.73 Å². The van der Waals surface area contributed by atoms with Gasteiger partial charge >= 0.3 is 0 Å². The normalized spacial score (nSPS) is 16.2. The summed E-state index contributed by atoms with van der Waals surface area (Å²) >= 11 is 0. The fraction of sp³-hybridized carbons (Fsp3) is 0.562. The van der Waals surface area contributed by atoms with Gasteiger partial charge in [-0.25, -0.2) is 0 Å². The van der Waals surface area contributed by atoms with Crippen LogP contribution in [0, 0.1) is 5.41 Å². The van der Waals surface area contributed by atoms with Crippen molar-refractivity contribution in [3.8, 4) is 0 Å². The van der Waals surface area contributed by atoms with E-state index in [1.165, 1.54) is 36.0 Å². The number of benzene rings is 1. The van der Waals surface area contributed by atoms with Gasteiger partial charge in [0, 0.05) is 12.6 Å². The fourth-order valence-electron chi connectivity index (χ4n) is 2.47. The SMILES string of the molecule is CC(NCC(C)(C)C(N)=O)c1ccc2c(c1)CCC2. The molecule has 0 radical (unpaired) electrons. The number of hydrogen-bond donors (Lipinski definition) is 2. The molecular formula is C16H24N2O. The van der Waals surface area contributed by atoms with E-state index < -0.39 is 5.41 Å². The smallest absolute Gasteiger partial charge is 0.224 e. The van der Waals surface area contributed by atoms with Crippen molar-refractivity contribution in [2.75, 3.05) is 6.54 Å². The maximum absolute atomic E-state index is 11.3. The maximum Gasteiger partial charge on any atom is 0.224 e. The van der Waals surface area contributed by atoms with Crippen molar-refractivity contribution >= 4 is 5.91 Å². The second kappa shape index (κ2) is 5.33. The average molecular weight is 260 g/mol. The van der Waals surface area contributed by atoms with Gasteiger partial charge in [0.25, 0.3) is 0 Å². The summed E-state index contributed by atoms with van der Waals surface area (Å²) < 4.78 is 0. The first kappa shape index (κ1) is 14.1. The molecule has 104 valence electrons. The lowest BCUT2D eigenvalue weighted by Crippen LogP contribution is -2.41. The highest BCUT2D eigenvalue weighted by molar-refractivity contribution is 5.80. The highest BCUT2D eigenvalue weighted by Gasteiger charge is 2.25. The Morgan fingerprint density at radius 1 is 1.37 bits per heavy atom. The summed E-state index contributed by atoms with van der Waals surface area (Å²) in [6, 6.07) is 6.98. The van der Waals surface area contributed by atoms with Crippen LogP contribution in [-0.4, -0.2) is 12.5 Å². The second-order valence-corrected chi connectivity index (χ2v) is 6.23. The van der Waals surface area contributed by atoms with Crippen molar-refractivity contribution in [3.05, 3.63) is 34.9 Å². The molecule has 1 aliphatic carbocycles. The predicted molar refractivity (Wildman–Crippen MR) is 77.9 cm³/mol. The number of primary amides is 1. The van der Waals surface area contributed by atoms with E-state index in [0.29, 0.717) is 6.54 Å². The third kappa shape index (κ3) is 3.16. The molecule has 1 aliphatic rings. The molecule has 3 nitrogen and oxygen atoms in total. The molecule has 3 heteroatoms. The molecule has 1 aromatic carbocycles. The van der Waals surface area contributed by atoms with Crippen LogP contribution >= 0.6 is 0 Å². The summed E-state index contributed by atoms with van der Waals surface area (Å²) in [5, 5.41) is 3.41. The molecule has 0 fully saturated rings. The first-order chi connectivity index (χ1) is 8.90. The van der Waals surface area contributed by atoms with Crippen LogP contribution in [0.3, 0.4) is 0 Å². The predicted octanol–water partition coefficient (Wildman–Crippen LogP) is 2.34. The topological polar surface area (TPSA) is 55.1 Å². The highest BCUT2D eigenvalue weighted by Crippen LogP contribution is 2.25. The number of nitrogens with one attached hydrogen (secondary N) is 1. The molecule has 1 aromatic rings. The van der Waals surface area contributed by atoms with Crippen molar-refractivity contribution in [1.29, 1.82) is 0 Å². The Bertz CT molecular complexity index is 480. The molecular weight excluding hydrogens is 236 g/mol. The lowest BCUT2D eigenvalue weighted by Gasteiger charge is -2.24. The lowest BCUT2D eigenvalue weighted by atomic mass is 9.92. The number of carbonyl (C=O) groups is 1. The van der Waals surface area contributed by atoms with Gasteiger partial charge in [-0.3, -0.25) is 4.79 Å². The van der Waals surface area contributed by atoms with Crippen LogP contribution in [-0.2, 0) is 17.6 Å². The van der Waals surface area contributed by atoms with Crippen LogP contribution in [0.15, 0.2) is 18.2 Å². The largest absolute Gasteiger partial charge is 0.369 e. The fourth-order valence-corrected chi connectivity index (χ4v) is 2.47. The quantitative estimate of drug-likeness (QED) is 0.853. The van der Waals surface area contributed by atoms with Gasteiger partial charge in [0.2, 0.25) is 5.91 Å². The van der Waals surface area contributed by atoms with Gasteiger partial charge < -0.3 is 11.1 Å². The molecule has 1 unspecified atom stereocenters. The van der Waals surface area contributed by atoms with Crippen LogP contribution in [0.1, 0.15) is 49.9 Å². The minimum Gasteiger partial charge on any atom is -0.369 e. The number of amides is 1. The highest BCUT2D eigenvalue weighted by atomic mass is 16.1. The van der Waals surface area contributed by atoms with Crippen molar-refractivity contribution in [1.82, 2.24) is 5.32 Å². The number of rotatable bonds is 5. The number of aryl methyl sites for hydroxylation is 2. The summed E-state index contributed by atoms with van der Waals surface area (Å²) in [6.07, 6.45) is 3.68. The van der Waals surface area contributed by atoms with E-state index in [1.54, 1.807) is 0 Å². The monoisotopic (exact) mass is 260 g/mol. The van der Waals surface area contributed by atoms with Crippen molar-refractivity contribution in [2.45, 2.75) is 46.1 Å². The molecule has 3 N–H and O–H groups in total.